The van der Waals surface area contributed by atoms with Crippen molar-refractivity contribution in [1.29, 1.82) is 0 Å². The molecule has 0 bridgehead atoms. The standard InChI is InChI=1S/3C13H18N4.C12H21N3/c1-8(2)12-16-11-5-6-14-7-10(11)13(17-12)15-9(3)4;1-8(2)12-16-11-7-14-6-5-10(11)13(17-12)15-9(3)4;1-8(2)11-16-12-10(6-5-7-14-12)13(17-11)15-9(3)4;1-7(2)11-14-10(6)9(5)12(15-11)13-8(3)4/h2*5-9H,1-4H3,(H,15,16,17);5-9H,1-4H3,(H,14,15,16,17);7-8H,1-6H3,(H,13,14,15). The summed E-state index contributed by atoms with van der Waals surface area (Å²) >= 11 is 0. The zero-order valence-corrected chi connectivity index (χ0v) is 42.7. The first kappa shape index (κ1) is 52.4. The highest BCUT2D eigenvalue weighted by Gasteiger charge is 2.15. The SMILES string of the molecule is CC(C)Nc1nc(C(C)C)nc2ccncc12.CC(C)Nc1nc(C(C)C)nc2cnccc12.CC(C)Nc1nc(C(C)C)nc2ncccc12.Cc1nc(C(C)C)nc(NC(C)C)c1C. The molecule has 0 radical (unpaired) electrons. The molecule has 0 saturated heterocycles. The largest absolute Gasteiger partial charge is 0.368 e. The lowest BCUT2D eigenvalue weighted by atomic mass is 10.1. The number of aryl methyl sites for hydroxylation is 1. The van der Waals surface area contributed by atoms with Gasteiger partial charge >= 0.3 is 0 Å². The number of aromatic nitrogens is 11. The van der Waals surface area contributed by atoms with E-state index in [-0.39, 0.29) is 0 Å². The molecule has 0 aliphatic heterocycles. The molecular weight excluding hydrogens is 823 g/mol. The van der Waals surface area contributed by atoms with E-state index in [9.17, 15) is 0 Å². The van der Waals surface area contributed by atoms with Gasteiger partial charge in [-0.25, -0.2) is 44.9 Å². The first-order valence-electron chi connectivity index (χ1n) is 23.4. The van der Waals surface area contributed by atoms with Crippen LogP contribution in [0.25, 0.3) is 32.8 Å². The summed E-state index contributed by atoms with van der Waals surface area (Å²) in [6.45, 7) is 37.7. The Kier molecular flexibility index (Phi) is 19.3. The molecule has 0 spiro atoms. The molecule has 15 nitrogen and oxygen atoms in total. The third-order valence-corrected chi connectivity index (χ3v) is 9.69. The first-order chi connectivity index (χ1) is 31.1. The van der Waals surface area contributed by atoms with Crippen molar-refractivity contribution in [3.8, 4) is 0 Å². The molecule has 66 heavy (non-hydrogen) atoms. The number of nitrogens with one attached hydrogen (secondary N) is 4. The summed E-state index contributed by atoms with van der Waals surface area (Å²) in [6, 6.07) is 9.21. The molecule has 0 atom stereocenters. The molecule has 0 saturated carbocycles. The van der Waals surface area contributed by atoms with Crippen molar-refractivity contribution in [3.05, 3.63) is 89.8 Å². The van der Waals surface area contributed by atoms with E-state index in [0.717, 1.165) is 90.7 Å². The van der Waals surface area contributed by atoms with Gasteiger partial charge in [-0.15, -0.1) is 0 Å². The quantitative estimate of drug-likeness (QED) is 0.0905. The van der Waals surface area contributed by atoms with Gasteiger partial charge in [-0.1, -0.05) is 55.4 Å². The molecule has 7 heterocycles. The minimum atomic E-state index is 0.300. The average Bonchev–Trinajstić information content (AvgIpc) is 3.25. The second kappa shape index (κ2) is 24.3. The second-order valence-electron chi connectivity index (χ2n) is 18.9. The third-order valence-electron chi connectivity index (χ3n) is 9.69. The van der Waals surface area contributed by atoms with Crippen LogP contribution in [0.4, 0.5) is 23.3 Å². The number of pyridine rings is 3. The Hall–Kier alpha value is -6.25. The highest BCUT2D eigenvalue weighted by molar-refractivity contribution is 5.89. The van der Waals surface area contributed by atoms with Gasteiger partial charge in [0.2, 0.25) is 0 Å². The Morgan fingerprint density at radius 1 is 0.379 bits per heavy atom. The first-order valence-corrected chi connectivity index (χ1v) is 23.4. The van der Waals surface area contributed by atoms with E-state index in [1.54, 1.807) is 24.8 Å². The minimum Gasteiger partial charge on any atom is -0.368 e. The molecule has 4 N–H and O–H groups in total. The topological polar surface area (TPSA) is 190 Å². The van der Waals surface area contributed by atoms with Crippen LogP contribution in [0.3, 0.4) is 0 Å². The third kappa shape index (κ3) is 15.2. The molecule has 0 unspecified atom stereocenters. The number of fused-ring (bicyclic) bond motifs is 3. The second-order valence-corrected chi connectivity index (χ2v) is 18.9. The van der Waals surface area contributed by atoms with Gasteiger partial charge in [0.15, 0.2) is 5.65 Å². The van der Waals surface area contributed by atoms with Gasteiger partial charge in [-0.2, -0.15) is 0 Å². The van der Waals surface area contributed by atoms with E-state index in [0.29, 0.717) is 47.8 Å². The van der Waals surface area contributed by atoms with Crippen molar-refractivity contribution in [2.45, 2.75) is 172 Å². The fraction of sp³-hybridized carbons (Fsp3) is 0.510. The number of rotatable bonds is 12. The average molecular weight is 898 g/mol. The highest BCUT2D eigenvalue weighted by atomic mass is 15.1. The van der Waals surface area contributed by atoms with E-state index in [1.807, 2.05) is 37.4 Å². The van der Waals surface area contributed by atoms with Gasteiger partial charge in [0.05, 0.1) is 28.0 Å². The van der Waals surface area contributed by atoms with E-state index in [4.69, 9.17) is 0 Å². The maximum absolute atomic E-state index is 4.59. The molecule has 15 heteroatoms. The van der Waals surface area contributed by atoms with Gasteiger partial charge in [0.25, 0.3) is 0 Å². The molecule has 0 fully saturated rings. The van der Waals surface area contributed by atoms with Crippen LogP contribution in [0.5, 0.6) is 0 Å². The monoisotopic (exact) mass is 898 g/mol. The lowest BCUT2D eigenvalue weighted by Crippen LogP contribution is -2.15. The summed E-state index contributed by atoms with van der Waals surface area (Å²) in [7, 11) is 0. The van der Waals surface area contributed by atoms with Gasteiger partial charge in [0.1, 0.15) is 46.6 Å². The smallest absolute Gasteiger partial charge is 0.164 e. The predicted octanol–water partition coefficient (Wildman–Crippen LogP) is 11.9. The van der Waals surface area contributed by atoms with Gasteiger partial charge in [-0.3, -0.25) is 9.97 Å². The zero-order chi connectivity index (χ0) is 48.8. The van der Waals surface area contributed by atoms with Crippen molar-refractivity contribution in [1.82, 2.24) is 54.8 Å². The van der Waals surface area contributed by atoms with E-state index < -0.39 is 0 Å². The van der Waals surface area contributed by atoms with Crippen molar-refractivity contribution in [3.63, 3.8) is 0 Å². The molecular formula is C51H75N15. The minimum absolute atomic E-state index is 0.300. The van der Waals surface area contributed by atoms with Crippen LogP contribution in [-0.2, 0) is 0 Å². The molecule has 7 aromatic heterocycles. The molecule has 354 valence electrons. The maximum atomic E-state index is 4.59. The van der Waals surface area contributed by atoms with Gasteiger partial charge < -0.3 is 21.3 Å². The van der Waals surface area contributed by atoms with Crippen LogP contribution in [0.1, 0.15) is 169 Å². The van der Waals surface area contributed by atoms with Crippen LogP contribution in [0.15, 0.2) is 55.2 Å². The molecule has 0 amide bonds. The maximum Gasteiger partial charge on any atom is 0.164 e. The molecule has 0 aliphatic rings. The van der Waals surface area contributed by atoms with Crippen LogP contribution in [-0.4, -0.2) is 79.0 Å². The van der Waals surface area contributed by atoms with Crippen molar-refractivity contribution in [2.75, 3.05) is 21.3 Å². The Morgan fingerprint density at radius 2 is 0.803 bits per heavy atom. The fourth-order valence-corrected chi connectivity index (χ4v) is 6.22. The van der Waals surface area contributed by atoms with E-state index >= 15 is 0 Å². The lowest BCUT2D eigenvalue weighted by Gasteiger charge is -2.15. The zero-order valence-electron chi connectivity index (χ0n) is 42.7. The van der Waals surface area contributed by atoms with Gasteiger partial charge in [0, 0.05) is 89.3 Å². The number of hydrogen-bond acceptors (Lipinski definition) is 15. The van der Waals surface area contributed by atoms with Crippen LogP contribution >= 0.6 is 0 Å². The summed E-state index contributed by atoms with van der Waals surface area (Å²) in [4.78, 5) is 48.9. The van der Waals surface area contributed by atoms with Crippen molar-refractivity contribution >= 4 is 56.1 Å². The summed E-state index contributed by atoms with van der Waals surface area (Å²) in [5.74, 6) is 8.40. The predicted molar refractivity (Wildman–Crippen MR) is 275 cm³/mol. The van der Waals surface area contributed by atoms with Gasteiger partial charge in [-0.05, 0) is 93.5 Å². The number of hydrogen-bond donors (Lipinski definition) is 4. The van der Waals surface area contributed by atoms with E-state index in [2.05, 4.69) is 194 Å². The molecule has 7 aromatic rings. The normalized spacial score (nSPS) is 11.4. The molecule has 0 aliphatic carbocycles. The van der Waals surface area contributed by atoms with Crippen LogP contribution in [0, 0.1) is 13.8 Å². The Labute approximate surface area is 393 Å². The Morgan fingerprint density at radius 3 is 1.33 bits per heavy atom. The summed E-state index contributed by atoms with van der Waals surface area (Å²) < 4.78 is 0. The Bertz CT molecular complexity index is 2390. The fourth-order valence-electron chi connectivity index (χ4n) is 6.22. The lowest BCUT2D eigenvalue weighted by molar-refractivity contribution is 0.757. The Balaban J connectivity index is 0.000000193. The number of nitrogens with zero attached hydrogens (tertiary/aromatic N) is 11. The summed E-state index contributed by atoms with van der Waals surface area (Å²) in [5.41, 5.74) is 4.82. The van der Waals surface area contributed by atoms with Crippen LogP contribution < -0.4 is 21.3 Å². The van der Waals surface area contributed by atoms with E-state index in [1.165, 1.54) is 0 Å². The molecule has 7 rings (SSSR count). The van der Waals surface area contributed by atoms with Crippen molar-refractivity contribution < 1.29 is 0 Å². The summed E-state index contributed by atoms with van der Waals surface area (Å²) in [5, 5.41) is 16.4. The number of anilines is 4. The molecule has 0 aromatic carbocycles. The van der Waals surface area contributed by atoms with Crippen LogP contribution in [0.2, 0.25) is 0 Å². The van der Waals surface area contributed by atoms with Crippen molar-refractivity contribution in [2.24, 2.45) is 0 Å². The highest BCUT2D eigenvalue weighted by Crippen LogP contribution is 2.25. The summed E-state index contributed by atoms with van der Waals surface area (Å²) in [6.07, 6.45) is 8.89.